The van der Waals surface area contributed by atoms with Gasteiger partial charge in [0, 0.05) is 51.8 Å². The molecule has 0 spiro atoms. The van der Waals surface area contributed by atoms with Crippen LogP contribution in [0, 0.1) is 5.41 Å². The molecule has 2 N–H and O–H groups in total. The van der Waals surface area contributed by atoms with E-state index in [1.807, 2.05) is 0 Å². The van der Waals surface area contributed by atoms with Crippen molar-refractivity contribution in [1.29, 1.82) is 0 Å². The van der Waals surface area contributed by atoms with Crippen molar-refractivity contribution in [3.05, 3.63) is 59.2 Å². The third-order valence-electron chi connectivity index (χ3n) is 8.72. The van der Waals surface area contributed by atoms with Crippen LogP contribution in [0.2, 0.25) is 0 Å². The number of nitrogens with one attached hydrogen (secondary N) is 1. The molecule has 4 atom stereocenters. The number of benzene rings is 2. The molecule has 0 unspecified atom stereocenters. The van der Waals surface area contributed by atoms with Gasteiger partial charge < -0.3 is 43.7 Å². The first-order chi connectivity index (χ1) is 21.0. The number of nitrogens with zero attached hydrogens (tertiary/aromatic N) is 1. The second kappa shape index (κ2) is 15.7. The van der Waals surface area contributed by atoms with Gasteiger partial charge in [-0.2, -0.15) is 0 Å². The Labute approximate surface area is 256 Å². The van der Waals surface area contributed by atoms with Crippen LogP contribution in [0.3, 0.4) is 0 Å². The predicted molar refractivity (Wildman–Crippen MR) is 166 cm³/mol. The lowest BCUT2D eigenvalue weighted by Gasteiger charge is -2.39. The number of rotatable bonds is 17. The number of aliphatic hydroxyl groups is 1. The van der Waals surface area contributed by atoms with Crippen molar-refractivity contribution in [2.45, 2.75) is 63.6 Å². The van der Waals surface area contributed by atoms with E-state index in [1.54, 1.807) is 21.1 Å². The van der Waals surface area contributed by atoms with Crippen LogP contribution in [0.5, 0.6) is 5.75 Å². The fraction of sp³-hybridized carbons (Fsp3) is 0.647. The molecule has 2 heterocycles. The molecule has 9 heteroatoms. The van der Waals surface area contributed by atoms with Crippen molar-refractivity contribution in [3.8, 4) is 5.75 Å². The largest absolute Gasteiger partial charge is 0.490 e. The molecule has 2 aromatic rings. The molecular weight excluding hydrogens is 548 g/mol. The number of aliphatic hydroxyl groups excluding tert-OH is 1. The maximum absolute atomic E-state index is 9.94. The van der Waals surface area contributed by atoms with E-state index < -0.39 is 6.10 Å². The summed E-state index contributed by atoms with van der Waals surface area (Å²) in [6.45, 7) is 9.28. The summed E-state index contributed by atoms with van der Waals surface area (Å²) in [5.74, 6) is 0.948. The first-order valence-electron chi connectivity index (χ1n) is 15.8. The van der Waals surface area contributed by atoms with Crippen molar-refractivity contribution < 1.29 is 33.5 Å². The van der Waals surface area contributed by atoms with Crippen LogP contribution in [-0.4, -0.2) is 96.9 Å². The summed E-state index contributed by atoms with van der Waals surface area (Å²) in [4.78, 5) is 2.37. The summed E-state index contributed by atoms with van der Waals surface area (Å²) in [6.07, 6.45) is 2.59. The second-order valence-corrected chi connectivity index (χ2v) is 12.4. The molecule has 1 saturated heterocycles. The minimum Gasteiger partial charge on any atom is -0.490 e. The maximum Gasteiger partial charge on any atom is 0.142 e. The van der Waals surface area contributed by atoms with Gasteiger partial charge in [0.15, 0.2) is 0 Å². The lowest BCUT2D eigenvalue weighted by molar-refractivity contribution is -0.0752. The molecule has 2 aliphatic heterocycles. The zero-order valence-corrected chi connectivity index (χ0v) is 26.1. The third kappa shape index (κ3) is 8.91. The molecule has 1 aliphatic carbocycles. The molecule has 0 bridgehead atoms. The van der Waals surface area contributed by atoms with Crippen LogP contribution >= 0.6 is 0 Å². The van der Waals surface area contributed by atoms with Crippen LogP contribution in [0.4, 0.5) is 5.69 Å². The molecule has 0 amide bonds. The summed E-state index contributed by atoms with van der Waals surface area (Å²) in [7, 11) is 3.50. The molecule has 0 radical (unpaired) electrons. The van der Waals surface area contributed by atoms with Crippen LogP contribution in [0.1, 0.15) is 48.8 Å². The standard InChI is InChI=1S/C34H50N2O7/c1-25(37)20-42-31-18-35-19-32(33(31)28-8-5-26(6-9-28)21-40-24-34(11-12-34)23-39-3)43-22-27-7-10-30-29(17-27)36(14-16-41-30)13-4-15-38-2/h5-10,17,25,31-33,35,37H,4,11-16,18-24H2,1-3H3/t25-,31-,32+,33+/m1/s1. The zero-order valence-electron chi connectivity index (χ0n) is 26.1. The van der Waals surface area contributed by atoms with E-state index in [4.69, 9.17) is 28.4 Å². The summed E-state index contributed by atoms with van der Waals surface area (Å²) in [5.41, 5.74) is 4.77. The molecule has 2 aromatic carbocycles. The highest BCUT2D eigenvalue weighted by atomic mass is 16.5. The number of anilines is 1. The SMILES string of the molecule is COCCCN1CCOc2ccc(CO[C@H]3CNC[C@@H](OC[C@@H](C)O)[C@@H]3c3ccc(COCC4(COC)CC4)cc3)cc21. The maximum atomic E-state index is 9.94. The van der Waals surface area contributed by atoms with Gasteiger partial charge in [0.05, 0.1) is 63.6 Å². The zero-order chi connectivity index (χ0) is 30.1. The van der Waals surface area contributed by atoms with E-state index in [0.29, 0.717) is 26.4 Å². The van der Waals surface area contributed by atoms with E-state index in [-0.39, 0.29) is 30.1 Å². The smallest absolute Gasteiger partial charge is 0.142 e. The monoisotopic (exact) mass is 598 g/mol. The predicted octanol–water partition coefficient (Wildman–Crippen LogP) is 3.90. The molecule has 9 nitrogen and oxygen atoms in total. The minimum atomic E-state index is -0.529. The van der Waals surface area contributed by atoms with E-state index in [2.05, 4.69) is 52.7 Å². The molecule has 0 aromatic heterocycles. The summed E-state index contributed by atoms with van der Waals surface area (Å²) in [6, 6.07) is 15.0. The Morgan fingerprint density at radius 3 is 2.47 bits per heavy atom. The van der Waals surface area contributed by atoms with Crippen LogP contribution in [-0.2, 0) is 36.9 Å². The normalized spacial score (nSPS) is 23.4. The first kappa shape index (κ1) is 32.2. The molecule has 43 heavy (non-hydrogen) atoms. The average molecular weight is 599 g/mol. The average Bonchev–Trinajstić information content (AvgIpc) is 3.79. The number of hydrogen-bond donors (Lipinski definition) is 2. The van der Waals surface area contributed by atoms with E-state index in [0.717, 1.165) is 68.4 Å². The van der Waals surface area contributed by atoms with Gasteiger partial charge in [0.2, 0.25) is 0 Å². The summed E-state index contributed by atoms with van der Waals surface area (Å²) >= 11 is 0. The lowest BCUT2D eigenvalue weighted by atomic mass is 9.85. The molecule has 238 valence electrons. The Morgan fingerprint density at radius 1 is 0.977 bits per heavy atom. The number of methoxy groups -OCH3 is 2. The van der Waals surface area contributed by atoms with Crippen LogP contribution < -0.4 is 15.0 Å². The fourth-order valence-corrected chi connectivity index (χ4v) is 6.16. The molecule has 5 rings (SSSR count). The number of fused-ring (bicyclic) bond motifs is 1. The third-order valence-corrected chi connectivity index (χ3v) is 8.72. The van der Waals surface area contributed by atoms with Crippen molar-refractivity contribution in [2.75, 3.05) is 78.3 Å². The van der Waals surface area contributed by atoms with Gasteiger partial charge in [0.1, 0.15) is 12.4 Å². The van der Waals surface area contributed by atoms with Gasteiger partial charge >= 0.3 is 0 Å². The van der Waals surface area contributed by atoms with Crippen LogP contribution in [0.15, 0.2) is 42.5 Å². The highest BCUT2D eigenvalue weighted by Gasteiger charge is 2.43. The van der Waals surface area contributed by atoms with Gasteiger partial charge in [-0.1, -0.05) is 30.3 Å². The quantitative estimate of drug-likeness (QED) is 0.263. The Hall–Kier alpha value is -2.24. The molecular formula is C34H50N2O7. The summed E-state index contributed by atoms with van der Waals surface area (Å²) < 4.78 is 35.5. The van der Waals surface area contributed by atoms with Crippen molar-refractivity contribution in [1.82, 2.24) is 5.32 Å². The fourth-order valence-electron chi connectivity index (χ4n) is 6.16. The van der Waals surface area contributed by atoms with Crippen molar-refractivity contribution in [2.24, 2.45) is 5.41 Å². The number of ether oxygens (including phenoxy) is 6. The van der Waals surface area contributed by atoms with Gasteiger partial charge in [0.25, 0.3) is 0 Å². The topological polar surface area (TPSA) is 90.9 Å². The highest BCUT2D eigenvalue weighted by molar-refractivity contribution is 5.61. The van der Waals surface area contributed by atoms with Crippen LogP contribution in [0.25, 0.3) is 0 Å². The van der Waals surface area contributed by atoms with Gasteiger partial charge in [-0.05, 0) is 55.0 Å². The van der Waals surface area contributed by atoms with Crippen molar-refractivity contribution >= 4 is 5.69 Å². The Morgan fingerprint density at radius 2 is 1.74 bits per heavy atom. The molecule has 1 saturated carbocycles. The van der Waals surface area contributed by atoms with E-state index in [9.17, 15) is 5.11 Å². The Bertz CT molecular complexity index is 1120. The summed E-state index contributed by atoms with van der Waals surface area (Å²) in [5, 5.41) is 13.4. The van der Waals surface area contributed by atoms with Gasteiger partial charge in [-0.15, -0.1) is 0 Å². The minimum absolute atomic E-state index is 0.0258. The van der Waals surface area contributed by atoms with E-state index in [1.165, 1.54) is 18.4 Å². The molecule has 3 aliphatic rings. The van der Waals surface area contributed by atoms with E-state index >= 15 is 0 Å². The Kier molecular flexibility index (Phi) is 11.7. The molecule has 2 fully saturated rings. The highest BCUT2D eigenvalue weighted by Crippen LogP contribution is 2.46. The van der Waals surface area contributed by atoms with Gasteiger partial charge in [-0.3, -0.25) is 0 Å². The van der Waals surface area contributed by atoms with Gasteiger partial charge in [-0.25, -0.2) is 0 Å². The lowest BCUT2D eigenvalue weighted by Crippen LogP contribution is -2.51. The number of piperidine rings is 1. The first-order valence-corrected chi connectivity index (χ1v) is 15.8. The van der Waals surface area contributed by atoms with Crippen molar-refractivity contribution in [3.63, 3.8) is 0 Å². The Balaban J connectivity index is 1.25. The second-order valence-electron chi connectivity index (χ2n) is 12.4. The number of hydrogen-bond acceptors (Lipinski definition) is 9.